The lowest BCUT2D eigenvalue weighted by Crippen LogP contribution is -2.42. The van der Waals surface area contributed by atoms with Crippen LogP contribution >= 0.6 is 0 Å². The normalized spacial score (nSPS) is 32.1. The van der Waals surface area contributed by atoms with E-state index in [-0.39, 0.29) is 0 Å². The first-order valence-corrected chi connectivity index (χ1v) is 5.17. The summed E-state index contributed by atoms with van der Waals surface area (Å²) in [6.45, 7) is 2.26. The maximum absolute atomic E-state index is 13.4. The van der Waals surface area contributed by atoms with Gasteiger partial charge in [-0.3, -0.25) is 4.90 Å². The van der Waals surface area contributed by atoms with Crippen LogP contribution in [0.5, 0.6) is 0 Å². The third-order valence-electron chi connectivity index (χ3n) is 3.08. The highest BCUT2D eigenvalue weighted by molar-refractivity contribution is 4.97. The highest BCUT2D eigenvalue weighted by Gasteiger charge is 2.44. The molecule has 2 nitrogen and oxygen atoms in total. The molecule has 1 saturated heterocycles. The molecular weight excluding hydrogens is 169 g/mol. The van der Waals surface area contributed by atoms with Gasteiger partial charge in [-0.15, -0.1) is 0 Å². The minimum absolute atomic E-state index is 0.446. The van der Waals surface area contributed by atoms with Gasteiger partial charge in [-0.05, 0) is 32.7 Å². The minimum Gasteiger partial charge on any atom is -0.380 e. The Kier molecular flexibility index (Phi) is 2.56. The van der Waals surface area contributed by atoms with E-state index in [0.29, 0.717) is 12.6 Å². The second kappa shape index (κ2) is 3.54. The monoisotopic (exact) mass is 187 g/mol. The predicted octanol–water partition coefficient (Wildman–Crippen LogP) is 1.60. The summed E-state index contributed by atoms with van der Waals surface area (Å²) in [6, 6.07) is 0.446. The smallest absolute Gasteiger partial charge is 0.123 e. The van der Waals surface area contributed by atoms with Crippen molar-refractivity contribution in [2.75, 3.05) is 26.8 Å². The molecule has 1 saturated carbocycles. The van der Waals surface area contributed by atoms with Gasteiger partial charge in [-0.1, -0.05) is 0 Å². The molecule has 0 radical (unpaired) electrons. The van der Waals surface area contributed by atoms with Crippen LogP contribution in [0.15, 0.2) is 0 Å². The van der Waals surface area contributed by atoms with Crippen LogP contribution in [0.3, 0.4) is 0 Å². The number of halogens is 1. The van der Waals surface area contributed by atoms with Gasteiger partial charge >= 0.3 is 0 Å². The van der Waals surface area contributed by atoms with Gasteiger partial charge in [0.1, 0.15) is 5.67 Å². The van der Waals surface area contributed by atoms with Crippen molar-refractivity contribution in [3.05, 3.63) is 0 Å². The third kappa shape index (κ3) is 2.41. The van der Waals surface area contributed by atoms with E-state index in [1.807, 2.05) is 7.05 Å². The largest absolute Gasteiger partial charge is 0.380 e. The van der Waals surface area contributed by atoms with E-state index in [9.17, 15) is 4.39 Å². The highest BCUT2D eigenvalue weighted by atomic mass is 19.1. The maximum Gasteiger partial charge on any atom is 0.123 e. The van der Waals surface area contributed by atoms with Crippen LogP contribution in [-0.2, 0) is 4.74 Å². The summed E-state index contributed by atoms with van der Waals surface area (Å²) in [4.78, 5) is 2.13. The molecule has 0 spiro atoms. The molecule has 3 heteroatoms. The van der Waals surface area contributed by atoms with Crippen LogP contribution in [0.1, 0.15) is 25.7 Å². The van der Waals surface area contributed by atoms with Crippen molar-refractivity contribution in [1.29, 1.82) is 0 Å². The fourth-order valence-corrected chi connectivity index (χ4v) is 1.94. The Morgan fingerprint density at radius 2 is 2.31 bits per heavy atom. The van der Waals surface area contributed by atoms with Crippen molar-refractivity contribution in [2.45, 2.75) is 37.4 Å². The average molecular weight is 187 g/mol. The van der Waals surface area contributed by atoms with E-state index >= 15 is 0 Å². The molecule has 2 aliphatic rings. The standard InChI is InChI=1S/C10H18FNO/c1-12(8-10(11)4-5-10)9-3-2-6-13-7-9/h9H,2-8H2,1H3. The lowest BCUT2D eigenvalue weighted by atomic mass is 10.1. The predicted molar refractivity (Wildman–Crippen MR) is 49.5 cm³/mol. The second-order valence-electron chi connectivity index (χ2n) is 4.44. The summed E-state index contributed by atoms with van der Waals surface area (Å²) in [7, 11) is 2.01. The minimum atomic E-state index is -0.855. The van der Waals surface area contributed by atoms with Crippen molar-refractivity contribution >= 4 is 0 Å². The molecule has 0 aromatic heterocycles. The summed E-state index contributed by atoms with van der Waals surface area (Å²) in [5.74, 6) is 0. The Balaban J connectivity index is 1.77. The number of ether oxygens (including phenoxy) is 1. The Bertz CT molecular complexity index is 176. The Morgan fingerprint density at radius 3 is 2.85 bits per heavy atom. The number of likely N-dealkylation sites (N-methyl/N-ethyl adjacent to an activating group) is 1. The Hall–Kier alpha value is -0.150. The first-order chi connectivity index (χ1) is 6.20. The van der Waals surface area contributed by atoms with Crippen molar-refractivity contribution in [3.63, 3.8) is 0 Å². The third-order valence-corrected chi connectivity index (χ3v) is 3.08. The molecule has 1 aliphatic heterocycles. The number of alkyl halides is 1. The van der Waals surface area contributed by atoms with Crippen molar-refractivity contribution in [1.82, 2.24) is 4.90 Å². The molecule has 2 rings (SSSR count). The first-order valence-electron chi connectivity index (χ1n) is 5.17. The van der Waals surface area contributed by atoms with Crippen LogP contribution in [-0.4, -0.2) is 43.4 Å². The van der Waals surface area contributed by atoms with E-state index in [0.717, 1.165) is 38.9 Å². The average Bonchev–Trinajstić information content (AvgIpc) is 2.85. The van der Waals surface area contributed by atoms with E-state index in [1.165, 1.54) is 0 Å². The molecular formula is C10H18FNO. The van der Waals surface area contributed by atoms with Crippen LogP contribution < -0.4 is 0 Å². The summed E-state index contributed by atoms with van der Waals surface area (Å²) in [6.07, 6.45) is 3.79. The van der Waals surface area contributed by atoms with Crippen LogP contribution in [0, 0.1) is 0 Å². The topological polar surface area (TPSA) is 12.5 Å². The molecule has 76 valence electrons. The molecule has 0 aromatic rings. The zero-order valence-corrected chi connectivity index (χ0v) is 8.26. The molecule has 1 unspecified atom stereocenters. The lowest BCUT2D eigenvalue weighted by Gasteiger charge is -2.31. The number of rotatable bonds is 3. The zero-order chi connectivity index (χ0) is 9.31. The van der Waals surface area contributed by atoms with E-state index < -0.39 is 5.67 Å². The van der Waals surface area contributed by atoms with Crippen LogP contribution in [0.4, 0.5) is 4.39 Å². The second-order valence-corrected chi connectivity index (χ2v) is 4.44. The fraction of sp³-hybridized carbons (Fsp3) is 1.00. The number of hydrogen-bond acceptors (Lipinski definition) is 2. The molecule has 0 aromatic carbocycles. The maximum atomic E-state index is 13.4. The molecule has 1 heterocycles. The fourth-order valence-electron chi connectivity index (χ4n) is 1.94. The van der Waals surface area contributed by atoms with Gasteiger partial charge < -0.3 is 4.74 Å². The van der Waals surface area contributed by atoms with E-state index in [2.05, 4.69) is 4.90 Å². The summed E-state index contributed by atoms with van der Waals surface area (Å²) < 4.78 is 18.8. The quantitative estimate of drug-likeness (QED) is 0.665. The zero-order valence-electron chi connectivity index (χ0n) is 8.26. The van der Waals surface area contributed by atoms with Gasteiger partial charge in [0.2, 0.25) is 0 Å². The van der Waals surface area contributed by atoms with Crippen molar-refractivity contribution in [3.8, 4) is 0 Å². The first kappa shape index (κ1) is 9.41. The Morgan fingerprint density at radius 1 is 1.54 bits per heavy atom. The molecule has 2 fully saturated rings. The molecule has 13 heavy (non-hydrogen) atoms. The van der Waals surface area contributed by atoms with Crippen molar-refractivity contribution in [2.24, 2.45) is 0 Å². The van der Waals surface area contributed by atoms with Crippen LogP contribution in [0.2, 0.25) is 0 Å². The summed E-state index contributed by atoms with van der Waals surface area (Å²) in [5, 5.41) is 0. The van der Waals surface area contributed by atoms with Gasteiger partial charge in [0, 0.05) is 19.2 Å². The molecule has 0 bridgehead atoms. The highest BCUT2D eigenvalue weighted by Crippen LogP contribution is 2.40. The summed E-state index contributed by atoms with van der Waals surface area (Å²) in [5.41, 5.74) is -0.855. The molecule has 1 aliphatic carbocycles. The van der Waals surface area contributed by atoms with Gasteiger partial charge in [0.25, 0.3) is 0 Å². The van der Waals surface area contributed by atoms with E-state index in [1.54, 1.807) is 0 Å². The molecule has 1 atom stereocenters. The number of nitrogens with zero attached hydrogens (tertiary/aromatic N) is 1. The van der Waals surface area contributed by atoms with Gasteiger partial charge in [0.15, 0.2) is 0 Å². The van der Waals surface area contributed by atoms with E-state index in [4.69, 9.17) is 4.74 Å². The van der Waals surface area contributed by atoms with Crippen molar-refractivity contribution < 1.29 is 9.13 Å². The number of hydrogen-bond donors (Lipinski definition) is 0. The SMILES string of the molecule is CN(CC1(F)CC1)C1CCCOC1. The lowest BCUT2D eigenvalue weighted by molar-refractivity contribution is 0.0179. The van der Waals surface area contributed by atoms with Gasteiger partial charge in [-0.2, -0.15) is 0 Å². The van der Waals surface area contributed by atoms with Gasteiger partial charge in [0.05, 0.1) is 6.61 Å². The molecule has 0 N–H and O–H groups in total. The van der Waals surface area contributed by atoms with Crippen LogP contribution in [0.25, 0.3) is 0 Å². The Labute approximate surface area is 79.1 Å². The van der Waals surface area contributed by atoms with Gasteiger partial charge in [-0.25, -0.2) is 4.39 Å². The summed E-state index contributed by atoms with van der Waals surface area (Å²) >= 11 is 0. The molecule has 0 amide bonds.